The number of aryl methyl sites for hydroxylation is 1. The van der Waals surface area contributed by atoms with Crippen LogP contribution in [0.2, 0.25) is 0 Å². The standard InChI is InChI=1S/C20H22F6N2O4/c1-12-2-3-13(8-14(12)15(29)30)9-27-10-18(11-27)4-6-28(7-5-18)17(31)32-16(19(21,22)23)20(24,25)26/h2-3,8,16H,4-7,9-11H2,1H3,(H,29,30). The lowest BCUT2D eigenvalue weighted by Gasteiger charge is -2.54. The second-order valence-electron chi connectivity index (χ2n) is 8.43. The summed E-state index contributed by atoms with van der Waals surface area (Å²) in [6.07, 6.45) is -16.4. The number of piperidine rings is 1. The van der Waals surface area contributed by atoms with E-state index in [4.69, 9.17) is 0 Å². The summed E-state index contributed by atoms with van der Waals surface area (Å²) in [6.45, 7) is 3.51. The van der Waals surface area contributed by atoms with Gasteiger partial charge >= 0.3 is 24.4 Å². The summed E-state index contributed by atoms with van der Waals surface area (Å²) in [5.41, 5.74) is 1.53. The Morgan fingerprint density at radius 3 is 2.16 bits per heavy atom. The van der Waals surface area contributed by atoms with Gasteiger partial charge in [-0.15, -0.1) is 0 Å². The second-order valence-corrected chi connectivity index (χ2v) is 8.43. The van der Waals surface area contributed by atoms with Crippen LogP contribution in [0.4, 0.5) is 31.1 Å². The minimum Gasteiger partial charge on any atom is -0.478 e. The lowest BCUT2D eigenvalue weighted by atomic mass is 9.72. The Bertz CT molecular complexity index is 856. The van der Waals surface area contributed by atoms with Gasteiger partial charge < -0.3 is 14.7 Å². The van der Waals surface area contributed by atoms with Crippen molar-refractivity contribution in [1.82, 2.24) is 9.80 Å². The first-order valence-electron chi connectivity index (χ1n) is 9.84. The Hall–Kier alpha value is -2.50. The zero-order chi connectivity index (χ0) is 23.9. The Kier molecular flexibility index (Phi) is 6.38. The molecule has 0 bridgehead atoms. The van der Waals surface area contributed by atoms with E-state index in [0.717, 1.165) is 10.5 Å². The topological polar surface area (TPSA) is 70.1 Å². The van der Waals surface area contributed by atoms with Gasteiger partial charge in [-0.25, -0.2) is 9.59 Å². The van der Waals surface area contributed by atoms with E-state index in [1.54, 1.807) is 19.1 Å². The number of carbonyl (C=O) groups is 2. The number of likely N-dealkylation sites (tertiary alicyclic amines) is 2. The summed E-state index contributed by atoms with van der Waals surface area (Å²) in [4.78, 5) is 26.1. The highest BCUT2D eigenvalue weighted by molar-refractivity contribution is 5.89. The summed E-state index contributed by atoms with van der Waals surface area (Å²) in [5, 5.41) is 9.23. The number of hydrogen-bond donors (Lipinski definition) is 1. The number of carboxylic acids is 1. The van der Waals surface area contributed by atoms with Crippen molar-refractivity contribution in [2.45, 2.75) is 44.8 Å². The van der Waals surface area contributed by atoms with Crippen LogP contribution in [-0.2, 0) is 11.3 Å². The van der Waals surface area contributed by atoms with Gasteiger partial charge in [-0.3, -0.25) is 4.90 Å². The number of carboxylic acid groups (broad SMARTS) is 1. The van der Waals surface area contributed by atoms with Gasteiger partial charge in [-0.1, -0.05) is 12.1 Å². The van der Waals surface area contributed by atoms with Gasteiger partial charge in [0.05, 0.1) is 5.56 Å². The molecule has 0 aromatic heterocycles. The maximum Gasteiger partial charge on any atom is 0.434 e. The van der Waals surface area contributed by atoms with Crippen LogP contribution < -0.4 is 0 Å². The fourth-order valence-corrected chi connectivity index (χ4v) is 4.24. The van der Waals surface area contributed by atoms with Crippen molar-refractivity contribution in [3.63, 3.8) is 0 Å². The van der Waals surface area contributed by atoms with Crippen molar-refractivity contribution in [2.24, 2.45) is 5.41 Å². The molecule has 1 aromatic rings. The van der Waals surface area contributed by atoms with Crippen molar-refractivity contribution in [3.8, 4) is 0 Å². The first-order chi connectivity index (χ1) is 14.7. The summed E-state index contributed by atoms with van der Waals surface area (Å²) < 4.78 is 79.3. The molecule has 2 aliphatic heterocycles. The molecule has 12 heteroatoms. The Morgan fingerprint density at radius 2 is 1.66 bits per heavy atom. The first-order valence-corrected chi connectivity index (χ1v) is 9.84. The van der Waals surface area contributed by atoms with Gasteiger partial charge in [0.15, 0.2) is 0 Å². The Morgan fingerprint density at radius 1 is 1.09 bits per heavy atom. The van der Waals surface area contributed by atoms with Crippen molar-refractivity contribution in [1.29, 1.82) is 0 Å². The van der Waals surface area contributed by atoms with Crippen LogP contribution in [0.3, 0.4) is 0 Å². The fourth-order valence-electron chi connectivity index (χ4n) is 4.24. The van der Waals surface area contributed by atoms with Crippen LogP contribution in [0.5, 0.6) is 0 Å². The largest absolute Gasteiger partial charge is 0.478 e. The number of nitrogens with zero attached hydrogens (tertiary/aromatic N) is 2. The van der Waals surface area contributed by atoms with Crippen LogP contribution in [0, 0.1) is 12.3 Å². The number of alkyl halides is 6. The van der Waals surface area contributed by atoms with Crippen LogP contribution in [0.15, 0.2) is 18.2 Å². The van der Waals surface area contributed by atoms with Gasteiger partial charge in [-0.2, -0.15) is 26.3 Å². The molecule has 0 unspecified atom stereocenters. The number of ether oxygens (including phenoxy) is 1. The molecule has 1 aromatic carbocycles. The smallest absolute Gasteiger partial charge is 0.434 e. The summed E-state index contributed by atoms with van der Waals surface area (Å²) in [5.74, 6) is -1.01. The van der Waals surface area contributed by atoms with E-state index in [1.807, 2.05) is 6.07 Å². The highest BCUT2D eigenvalue weighted by atomic mass is 19.4. The monoisotopic (exact) mass is 468 g/mol. The van der Waals surface area contributed by atoms with E-state index in [0.29, 0.717) is 38.0 Å². The lowest BCUT2D eigenvalue weighted by molar-refractivity contribution is -0.308. The van der Waals surface area contributed by atoms with Gasteiger partial charge in [-0.05, 0) is 42.4 Å². The molecule has 32 heavy (non-hydrogen) atoms. The number of amides is 1. The molecule has 2 aliphatic rings. The molecule has 2 heterocycles. The number of hydrogen-bond acceptors (Lipinski definition) is 4. The molecular formula is C20H22F6N2O4. The molecule has 1 spiro atoms. The summed E-state index contributed by atoms with van der Waals surface area (Å²) >= 11 is 0. The molecule has 0 radical (unpaired) electrons. The molecular weight excluding hydrogens is 446 g/mol. The van der Waals surface area contributed by atoms with E-state index in [9.17, 15) is 41.0 Å². The molecule has 0 atom stereocenters. The third-order valence-electron chi connectivity index (χ3n) is 5.95. The van der Waals surface area contributed by atoms with E-state index in [1.165, 1.54) is 0 Å². The molecule has 3 rings (SSSR count). The molecule has 178 valence electrons. The van der Waals surface area contributed by atoms with Crippen molar-refractivity contribution < 1.29 is 45.8 Å². The fraction of sp³-hybridized carbons (Fsp3) is 0.600. The predicted octanol–water partition coefficient (Wildman–Crippen LogP) is 4.22. The SMILES string of the molecule is Cc1ccc(CN2CC3(CCN(C(=O)OC(C(F)(F)F)C(F)(F)F)CC3)C2)cc1C(=O)O. The molecule has 1 amide bonds. The number of aromatic carboxylic acids is 1. The van der Waals surface area contributed by atoms with Crippen molar-refractivity contribution in [3.05, 3.63) is 34.9 Å². The van der Waals surface area contributed by atoms with E-state index < -0.39 is 30.5 Å². The highest BCUT2D eigenvalue weighted by Crippen LogP contribution is 2.42. The zero-order valence-electron chi connectivity index (χ0n) is 17.1. The summed E-state index contributed by atoms with van der Waals surface area (Å²) in [6, 6.07) is 5.18. The zero-order valence-corrected chi connectivity index (χ0v) is 17.1. The normalized spacial score (nSPS) is 19.2. The minimum atomic E-state index is -5.74. The number of benzene rings is 1. The minimum absolute atomic E-state index is 0.00278. The van der Waals surface area contributed by atoms with Gasteiger partial charge in [0, 0.05) is 32.7 Å². The third kappa shape index (κ3) is 5.28. The molecule has 2 fully saturated rings. The Labute approximate surface area is 179 Å². The molecule has 0 aliphatic carbocycles. The molecule has 0 saturated carbocycles. The maximum absolute atomic E-state index is 12.6. The molecule has 1 N–H and O–H groups in total. The van der Waals surface area contributed by atoms with Crippen LogP contribution in [0.25, 0.3) is 0 Å². The van der Waals surface area contributed by atoms with Gasteiger partial charge in [0.25, 0.3) is 6.10 Å². The average Bonchev–Trinajstić information content (AvgIpc) is 2.64. The molecule has 6 nitrogen and oxygen atoms in total. The van der Waals surface area contributed by atoms with Crippen LogP contribution in [0.1, 0.15) is 34.3 Å². The first kappa shape index (κ1) is 24.1. The van der Waals surface area contributed by atoms with E-state index in [-0.39, 0.29) is 24.1 Å². The third-order valence-corrected chi connectivity index (χ3v) is 5.95. The van der Waals surface area contributed by atoms with Crippen molar-refractivity contribution >= 4 is 12.1 Å². The van der Waals surface area contributed by atoms with Crippen molar-refractivity contribution in [2.75, 3.05) is 26.2 Å². The molecule has 2 saturated heterocycles. The predicted molar refractivity (Wildman–Crippen MR) is 99.0 cm³/mol. The Balaban J connectivity index is 1.51. The second kappa shape index (κ2) is 8.45. The van der Waals surface area contributed by atoms with E-state index >= 15 is 0 Å². The van der Waals surface area contributed by atoms with Gasteiger partial charge in [0.1, 0.15) is 0 Å². The summed E-state index contributed by atoms with van der Waals surface area (Å²) in [7, 11) is 0. The van der Waals surface area contributed by atoms with Gasteiger partial charge in [0.2, 0.25) is 0 Å². The van der Waals surface area contributed by atoms with E-state index in [2.05, 4.69) is 9.64 Å². The average molecular weight is 468 g/mol. The maximum atomic E-state index is 12.6. The number of halogens is 6. The highest BCUT2D eigenvalue weighted by Gasteiger charge is 2.60. The quantitative estimate of drug-likeness (QED) is 0.671. The number of rotatable bonds is 4. The lowest BCUT2D eigenvalue weighted by Crippen LogP contribution is -2.60. The van der Waals surface area contributed by atoms with Crippen LogP contribution >= 0.6 is 0 Å². The number of carbonyl (C=O) groups excluding carboxylic acids is 1. The van der Waals surface area contributed by atoms with Crippen LogP contribution in [-0.4, -0.2) is 71.6 Å².